The van der Waals surface area contributed by atoms with E-state index in [1.807, 2.05) is 4.90 Å². The molecule has 6 nitrogen and oxygen atoms in total. The molecule has 0 aromatic heterocycles. The van der Waals surface area contributed by atoms with Crippen LogP contribution in [0.1, 0.15) is 44.9 Å². The predicted octanol–water partition coefficient (Wildman–Crippen LogP) is 1.05. The van der Waals surface area contributed by atoms with Gasteiger partial charge in [-0.2, -0.15) is 17.0 Å². The fraction of sp³-hybridized carbons (Fsp3) is 0.933. The van der Waals surface area contributed by atoms with Crippen molar-refractivity contribution in [3.8, 4) is 0 Å². The van der Waals surface area contributed by atoms with Crippen molar-refractivity contribution in [3.05, 3.63) is 0 Å². The van der Waals surface area contributed by atoms with Gasteiger partial charge in [-0.05, 0) is 25.7 Å². The molecule has 1 saturated carbocycles. The first-order valence-electron chi connectivity index (χ1n) is 8.63. The SMILES string of the molecule is O=C(C1CCCC1)N1CCN(S(=O)(=O)N2CCCCC2)CC1. The third kappa shape index (κ3) is 3.31. The van der Waals surface area contributed by atoms with Crippen molar-refractivity contribution in [2.75, 3.05) is 39.3 Å². The number of piperidine rings is 1. The van der Waals surface area contributed by atoms with E-state index in [1.54, 1.807) is 8.61 Å². The molecule has 0 bridgehead atoms. The first-order chi connectivity index (χ1) is 10.6. The molecule has 7 heteroatoms. The van der Waals surface area contributed by atoms with E-state index >= 15 is 0 Å². The number of hydrogen-bond acceptors (Lipinski definition) is 3. The van der Waals surface area contributed by atoms with Crippen LogP contribution >= 0.6 is 0 Å². The molecule has 0 aromatic carbocycles. The van der Waals surface area contributed by atoms with Gasteiger partial charge >= 0.3 is 0 Å². The van der Waals surface area contributed by atoms with Gasteiger partial charge in [0.05, 0.1) is 0 Å². The molecule has 1 aliphatic carbocycles. The van der Waals surface area contributed by atoms with Crippen LogP contribution in [-0.4, -0.2) is 67.1 Å². The first-order valence-corrected chi connectivity index (χ1v) is 10.0. The van der Waals surface area contributed by atoms with Gasteiger partial charge in [0.1, 0.15) is 0 Å². The predicted molar refractivity (Wildman–Crippen MR) is 84.5 cm³/mol. The minimum absolute atomic E-state index is 0.185. The van der Waals surface area contributed by atoms with Crippen LogP contribution in [0.3, 0.4) is 0 Å². The third-order valence-electron chi connectivity index (χ3n) is 5.22. The molecule has 0 aromatic rings. The van der Waals surface area contributed by atoms with Crippen LogP contribution in [0.2, 0.25) is 0 Å². The fourth-order valence-electron chi connectivity index (χ4n) is 3.83. The highest BCUT2D eigenvalue weighted by Gasteiger charge is 2.35. The second-order valence-corrected chi connectivity index (χ2v) is 8.60. The van der Waals surface area contributed by atoms with E-state index in [9.17, 15) is 13.2 Å². The third-order valence-corrected chi connectivity index (χ3v) is 7.26. The highest BCUT2D eigenvalue weighted by Crippen LogP contribution is 2.27. The number of amides is 1. The molecule has 2 heterocycles. The summed E-state index contributed by atoms with van der Waals surface area (Å²) < 4.78 is 28.4. The van der Waals surface area contributed by atoms with Crippen LogP contribution in [0, 0.1) is 5.92 Å². The van der Waals surface area contributed by atoms with Gasteiger partial charge in [0.15, 0.2) is 0 Å². The molecule has 126 valence electrons. The van der Waals surface area contributed by atoms with E-state index < -0.39 is 10.2 Å². The summed E-state index contributed by atoms with van der Waals surface area (Å²) in [5.41, 5.74) is 0. The van der Waals surface area contributed by atoms with Gasteiger partial charge in [-0.1, -0.05) is 19.3 Å². The van der Waals surface area contributed by atoms with Crippen molar-refractivity contribution < 1.29 is 13.2 Å². The lowest BCUT2D eigenvalue weighted by molar-refractivity contribution is -0.136. The van der Waals surface area contributed by atoms with Gasteiger partial charge in [-0.25, -0.2) is 0 Å². The summed E-state index contributed by atoms with van der Waals surface area (Å²) in [6.45, 7) is 3.26. The molecular weight excluding hydrogens is 302 g/mol. The van der Waals surface area contributed by atoms with Gasteiger partial charge in [-0.15, -0.1) is 0 Å². The van der Waals surface area contributed by atoms with Crippen molar-refractivity contribution >= 4 is 16.1 Å². The Bertz CT molecular complexity index is 488. The van der Waals surface area contributed by atoms with Crippen LogP contribution in [-0.2, 0) is 15.0 Å². The van der Waals surface area contributed by atoms with E-state index in [-0.39, 0.29) is 11.8 Å². The average molecular weight is 329 g/mol. The molecule has 3 aliphatic rings. The summed E-state index contributed by atoms with van der Waals surface area (Å²) in [6, 6.07) is 0. The molecule has 22 heavy (non-hydrogen) atoms. The largest absolute Gasteiger partial charge is 0.340 e. The monoisotopic (exact) mass is 329 g/mol. The zero-order valence-electron chi connectivity index (χ0n) is 13.2. The molecule has 2 aliphatic heterocycles. The van der Waals surface area contributed by atoms with Gasteiger partial charge < -0.3 is 4.90 Å². The summed E-state index contributed by atoms with van der Waals surface area (Å²) in [7, 11) is -3.32. The summed E-state index contributed by atoms with van der Waals surface area (Å²) in [6.07, 6.45) is 7.35. The fourth-order valence-corrected chi connectivity index (χ4v) is 5.50. The average Bonchev–Trinajstić information content (AvgIpc) is 3.09. The maximum Gasteiger partial charge on any atom is 0.282 e. The highest BCUT2D eigenvalue weighted by atomic mass is 32.2. The van der Waals surface area contributed by atoms with Crippen molar-refractivity contribution in [1.82, 2.24) is 13.5 Å². The van der Waals surface area contributed by atoms with Crippen LogP contribution < -0.4 is 0 Å². The number of carbonyl (C=O) groups is 1. The quantitative estimate of drug-likeness (QED) is 0.778. The summed E-state index contributed by atoms with van der Waals surface area (Å²) in [5, 5.41) is 0. The molecule has 3 fully saturated rings. The smallest absolute Gasteiger partial charge is 0.282 e. The molecule has 0 atom stereocenters. The Kier molecular flexibility index (Phi) is 5.04. The maximum absolute atomic E-state index is 12.6. The summed E-state index contributed by atoms with van der Waals surface area (Å²) in [5.74, 6) is 0.428. The molecule has 0 unspecified atom stereocenters. The summed E-state index contributed by atoms with van der Waals surface area (Å²) in [4.78, 5) is 14.3. The van der Waals surface area contributed by atoms with E-state index in [2.05, 4.69) is 0 Å². The Hall–Kier alpha value is -0.660. The molecule has 3 rings (SSSR count). The molecule has 0 N–H and O–H groups in total. The normalized spacial score (nSPS) is 26.5. The minimum Gasteiger partial charge on any atom is -0.340 e. The van der Waals surface area contributed by atoms with Crippen molar-refractivity contribution in [2.24, 2.45) is 5.92 Å². The lowest BCUT2D eigenvalue weighted by atomic mass is 10.1. The van der Waals surface area contributed by atoms with E-state index in [0.717, 1.165) is 44.9 Å². The Balaban J connectivity index is 1.55. The number of nitrogens with zero attached hydrogens (tertiary/aromatic N) is 3. The Morgan fingerprint density at radius 3 is 1.86 bits per heavy atom. The van der Waals surface area contributed by atoms with Gasteiger partial charge in [0.2, 0.25) is 5.91 Å². The summed E-state index contributed by atoms with van der Waals surface area (Å²) >= 11 is 0. The van der Waals surface area contributed by atoms with Gasteiger partial charge in [0, 0.05) is 45.2 Å². The second-order valence-electron chi connectivity index (χ2n) is 6.67. The molecule has 2 saturated heterocycles. The number of rotatable bonds is 3. The van der Waals surface area contributed by atoms with Crippen molar-refractivity contribution in [1.29, 1.82) is 0 Å². The Morgan fingerprint density at radius 2 is 1.27 bits per heavy atom. The van der Waals surface area contributed by atoms with E-state index in [4.69, 9.17) is 0 Å². The van der Waals surface area contributed by atoms with E-state index in [0.29, 0.717) is 39.3 Å². The topological polar surface area (TPSA) is 60.9 Å². The molecule has 0 radical (unpaired) electrons. The number of hydrogen-bond donors (Lipinski definition) is 0. The van der Waals surface area contributed by atoms with Crippen LogP contribution in [0.25, 0.3) is 0 Å². The lowest BCUT2D eigenvalue weighted by Crippen LogP contribution is -2.55. The van der Waals surface area contributed by atoms with Gasteiger partial charge in [-0.3, -0.25) is 4.79 Å². The molecule has 1 amide bonds. The maximum atomic E-state index is 12.6. The van der Waals surface area contributed by atoms with Crippen LogP contribution in [0.4, 0.5) is 0 Å². The van der Waals surface area contributed by atoms with Crippen LogP contribution in [0.5, 0.6) is 0 Å². The number of piperazine rings is 1. The van der Waals surface area contributed by atoms with Crippen molar-refractivity contribution in [2.45, 2.75) is 44.9 Å². The Morgan fingerprint density at radius 1 is 0.727 bits per heavy atom. The van der Waals surface area contributed by atoms with E-state index in [1.165, 1.54) is 0 Å². The zero-order valence-corrected chi connectivity index (χ0v) is 14.1. The zero-order chi connectivity index (χ0) is 15.6. The standard InChI is InChI=1S/C15H27N3O3S/c19-15(14-6-2-3-7-14)16-10-12-18(13-11-16)22(20,21)17-8-4-1-5-9-17/h14H,1-13H2. The molecule has 0 spiro atoms. The van der Waals surface area contributed by atoms with Crippen LogP contribution in [0.15, 0.2) is 0 Å². The van der Waals surface area contributed by atoms with Crippen molar-refractivity contribution in [3.63, 3.8) is 0 Å². The molecular formula is C15H27N3O3S. The Labute approximate surface area is 133 Å². The number of carbonyl (C=O) groups excluding carboxylic acids is 1. The second kappa shape index (κ2) is 6.84. The lowest BCUT2D eigenvalue weighted by Gasteiger charge is -2.38. The first kappa shape index (κ1) is 16.2. The minimum atomic E-state index is -3.32. The highest BCUT2D eigenvalue weighted by molar-refractivity contribution is 7.86. The van der Waals surface area contributed by atoms with Gasteiger partial charge in [0.25, 0.3) is 10.2 Å².